The van der Waals surface area contributed by atoms with Crippen LogP contribution < -0.4 is 4.72 Å². The van der Waals surface area contributed by atoms with Crippen molar-refractivity contribution in [2.75, 3.05) is 6.54 Å². The molecule has 3 N–H and O–H groups in total. The van der Waals surface area contributed by atoms with Crippen LogP contribution in [0.3, 0.4) is 0 Å². The monoisotopic (exact) mass is 313 g/mol. The summed E-state index contributed by atoms with van der Waals surface area (Å²) >= 11 is 0. The second-order valence-corrected chi connectivity index (χ2v) is 7.17. The Labute approximate surface area is 123 Å². The minimum atomic E-state index is -3.49. The smallest absolute Gasteiger partial charge is 0.335 e. The van der Waals surface area contributed by atoms with Gasteiger partial charge in [0.15, 0.2) is 0 Å². The highest BCUT2D eigenvalue weighted by Gasteiger charge is 2.26. The molecule has 0 aromatic heterocycles. The number of hydrogen-bond donors (Lipinski definition) is 3. The van der Waals surface area contributed by atoms with E-state index in [2.05, 4.69) is 4.72 Å². The number of benzene rings is 1. The molecule has 0 aliphatic heterocycles. The van der Waals surface area contributed by atoms with Crippen LogP contribution in [-0.4, -0.2) is 37.2 Å². The molecule has 1 fully saturated rings. The van der Waals surface area contributed by atoms with E-state index in [1.165, 1.54) is 24.3 Å². The van der Waals surface area contributed by atoms with Gasteiger partial charge in [0.2, 0.25) is 10.0 Å². The predicted molar refractivity (Wildman–Crippen MR) is 77.4 cm³/mol. The molecule has 21 heavy (non-hydrogen) atoms. The molecule has 0 amide bonds. The standard InChI is InChI=1S/C14H19NO5S/c16-13-3-1-2-12(13)8-15-21(19,20)9-10-4-6-11(7-5-10)14(17)18/h4-7,12-13,15-16H,1-3,8-9H2,(H,17,18). The number of carbonyl (C=O) groups is 1. The molecule has 1 saturated carbocycles. The van der Waals surface area contributed by atoms with E-state index in [0.29, 0.717) is 5.56 Å². The van der Waals surface area contributed by atoms with E-state index in [1.807, 2.05) is 0 Å². The molecule has 6 nitrogen and oxygen atoms in total. The number of hydrogen-bond acceptors (Lipinski definition) is 4. The molecule has 116 valence electrons. The minimum Gasteiger partial charge on any atom is -0.478 e. The number of nitrogens with one attached hydrogen (secondary N) is 1. The first-order chi connectivity index (χ1) is 9.87. The summed E-state index contributed by atoms with van der Waals surface area (Å²) in [7, 11) is -3.49. The molecule has 2 unspecified atom stereocenters. The van der Waals surface area contributed by atoms with Gasteiger partial charge in [-0.2, -0.15) is 0 Å². The molecule has 1 aliphatic carbocycles. The maximum Gasteiger partial charge on any atom is 0.335 e. The third-order valence-corrected chi connectivity index (χ3v) is 5.06. The van der Waals surface area contributed by atoms with Crippen molar-refractivity contribution < 1.29 is 23.4 Å². The molecule has 7 heteroatoms. The average Bonchev–Trinajstić information content (AvgIpc) is 2.82. The Morgan fingerprint density at radius 1 is 1.24 bits per heavy atom. The summed E-state index contributed by atoms with van der Waals surface area (Å²) in [4.78, 5) is 10.7. The van der Waals surface area contributed by atoms with Crippen LogP contribution in [0.15, 0.2) is 24.3 Å². The van der Waals surface area contributed by atoms with E-state index in [1.54, 1.807) is 0 Å². The maximum atomic E-state index is 12.0. The quantitative estimate of drug-likeness (QED) is 0.726. The van der Waals surface area contributed by atoms with Gasteiger partial charge in [-0.15, -0.1) is 0 Å². The fourth-order valence-corrected chi connectivity index (χ4v) is 3.70. The Bertz CT molecular complexity index is 596. The summed E-state index contributed by atoms with van der Waals surface area (Å²) in [5.41, 5.74) is 0.651. The largest absolute Gasteiger partial charge is 0.478 e. The third-order valence-electron chi connectivity index (χ3n) is 3.74. The van der Waals surface area contributed by atoms with Gasteiger partial charge in [0, 0.05) is 6.54 Å². The van der Waals surface area contributed by atoms with Crippen LogP contribution in [0.25, 0.3) is 0 Å². The van der Waals surface area contributed by atoms with Crippen molar-refractivity contribution in [3.8, 4) is 0 Å². The van der Waals surface area contributed by atoms with Crippen LogP contribution in [0.1, 0.15) is 35.2 Å². The van der Waals surface area contributed by atoms with Gasteiger partial charge in [0.05, 0.1) is 17.4 Å². The second-order valence-electron chi connectivity index (χ2n) is 5.37. The fourth-order valence-electron chi connectivity index (χ4n) is 2.50. The van der Waals surface area contributed by atoms with Gasteiger partial charge in [-0.05, 0) is 36.5 Å². The van der Waals surface area contributed by atoms with E-state index >= 15 is 0 Å². The number of rotatable bonds is 6. The molecule has 0 heterocycles. The normalized spacial score (nSPS) is 22.3. The number of carboxylic acid groups (broad SMARTS) is 1. The number of aromatic carboxylic acids is 1. The molecule has 1 aromatic carbocycles. The van der Waals surface area contributed by atoms with Crippen LogP contribution in [0, 0.1) is 5.92 Å². The molecule has 2 atom stereocenters. The van der Waals surface area contributed by atoms with E-state index in [0.717, 1.165) is 19.3 Å². The number of aliphatic hydroxyl groups excluding tert-OH is 1. The molecular formula is C14H19NO5S. The molecule has 0 radical (unpaired) electrons. The van der Waals surface area contributed by atoms with Crippen molar-refractivity contribution in [1.29, 1.82) is 0 Å². The van der Waals surface area contributed by atoms with Gasteiger partial charge in [-0.1, -0.05) is 18.6 Å². The first-order valence-electron chi connectivity index (χ1n) is 6.85. The third kappa shape index (κ3) is 4.52. The summed E-state index contributed by atoms with van der Waals surface area (Å²) in [6, 6.07) is 5.75. The molecule has 0 spiro atoms. The number of carboxylic acids is 1. The van der Waals surface area contributed by atoms with E-state index in [9.17, 15) is 18.3 Å². The van der Waals surface area contributed by atoms with Crippen molar-refractivity contribution in [1.82, 2.24) is 4.72 Å². The van der Waals surface area contributed by atoms with Gasteiger partial charge in [-0.25, -0.2) is 17.9 Å². The zero-order chi connectivity index (χ0) is 15.5. The van der Waals surface area contributed by atoms with Crippen molar-refractivity contribution in [3.63, 3.8) is 0 Å². The van der Waals surface area contributed by atoms with Crippen LogP contribution >= 0.6 is 0 Å². The summed E-state index contributed by atoms with van der Waals surface area (Å²) < 4.78 is 26.5. The topological polar surface area (TPSA) is 104 Å². The van der Waals surface area contributed by atoms with Crippen LogP contribution in [-0.2, 0) is 15.8 Å². The predicted octanol–water partition coefficient (Wildman–Crippen LogP) is 0.965. The van der Waals surface area contributed by atoms with Gasteiger partial charge >= 0.3 is 5.97 Å². The first kappa shape index (κ1) is 15.9. The van der Waals surface area contributed by atoms with Crippen molar-refractivity contribution >= 4 is 16.0 Å². The fraction of sp³-hybridized carbons (Fsp3) is 0.500. The molecule has 0 bridgehead atoms. The molecule has 1 aromatic rings. The Balaban J connectivity index is 1.92. The lowest BCUT2D eigenvalue weighted by Gasteiger charge is -2.15. The zero-order valence-corrected chi connectivity index (χ0v) is 12.3. The lowest BCUT2D eigenvalue weighted by molar-refractivity contribution is 0.0697. The molecule has 1 aliphatic rings. The van der Waals surface area contributed by atoms with Gasteiger partial charge in [0.1, 0.15) is 0 Å². The van der Waals surface area contributed by atoms with Crippen LogP contribution in [0.5, 0.6) is 0 Å². The molecule has 2 rings (SSSR count). The SMILES string of the molecule is O=C(O)c1ccc(CS(=O)(=O)NCC2CCCC2O)cc1. The van der Waals surface area contributed by atoms with Crippen molar-refractivity contribution in [2.45, 2.75) is 31.1 Å². The molecule has 0 saturated heterocycles. The van der Waals surface area contributed by atoms with Gasteiger partial charge < -0.3 is 10.2 Å². The Morgan fingerprint density at radius 2 is 1.90 bits per heavy atom. The lowest BCUT2D eigenvalue weighted by Crippen LogP contribution is -2.33. The van der Waals surface area contributed by atoms with Crippen molar-refractivity contribution in [2.24, 2.45) is 5.92 Å². The van der Waals surface area contributed by atoms with E-state index < -0.39 is 22.1 Å². The molecular weight excluding hydrogens is 294 g/mol. The summed E-state index contributed by atoms with van der Waals surface area (Å²) in [6.07, 6.45) is 2.05. The highest BCUT2D eigenvalue weighted by atomic mass is 32.2. The Kier molecular flexibility index (Phi) is 4.97. The van der Waals surface area contributed by atoms with E-state index in [-0.39, 0.29) is 23.8 Å². The summed E-state index contributed by atoms with van der Waals surface area (Å²) in [6.45, 7) is 0.247. The summed E-state index contributed by atoms with van der Waals surface area (Å²) in [5.74, 6) is -1.26. The highest BCUT2D eigenvalue weighted by Crippen LogP contribution is 2.24. The number of aliphatic hydroxyl groups is 1. The Morgan fingerprint density at radius 3 is 2.43 bits per heavy atom. The highest BCUT2D eigenvalue weighted by molar-refractivity contribution is 7.88. The minimum absolute atomic E-state index is 0.0193. The van der Waals surface area contributed by atoms with Crippen LogP contribution in [0.4, 0.5) is 0 Å². The second kappa shape index (κ2) is 6.55. The lowest BCUT2D eigenvalue weighted by atomic mass is 10.1. The summed E-state index contributed by atoms with van der Waals surface area (Å²) in [5, 5.41) is 18.5. The zero-order valence-electron chi connectivity index (χ0n) is 11.5. The first-order valence-corrected chi connectivity index (χ1v) is 8.50. The van der Waals surface area contributed by atoms with Gasteiger partial charge in [0.25, 0.3) is 0 Å². The number of sulfonamides is 1. The van der Waals surface area contributed by atoms with E-state index in [4.69, 9.17) is 5.11 Å². The van der Waals surface area contributed by atoms with Crippen molar-refractivity contribution in [3.05, 3.63) is 35.4 Å². The average molecular weight is 313 g/mol. The maximum absolute atomic E-state index is 12.0. The van der Waals surface area contributed by atoms with Crippen LogP contribution in [0.2, 0.25) is 0 Å². The Hall–Kier alpha value is -1.44. The van der Waals surface area contributed by atoms with Gasteiger partial charge in [-0.3, -0.25) is 0 Å².